The molecule has 2 aromatic carbocycles. The van der Waals surface area contributed by atoms with Crippen LogP contribution in [-0.4, -0.2) is 14.5 Å². The fourth-order valence-electron chi connectivity index (χ4n) is 1.95. The lowest BCUT2D eigenvalue weighted by Crippen LogP contribution is -2.20. The summed E-state index contributed by atoms with van der Waals surface area (Å²) in [5.74, 6) is 0. The van der Waals surface area contributed by atoms with Gasteiger partial charge in [0.25, 0.3) is 0 Å². The van der Waals surface area contributed by atoms with Crippen molar-refractivity contribution in [2.75, 3.05) is 5.32 Å². The highest BCUT2D eigenvalue weighted by molar-refractivity contribution is 7.89. The Morgan fingerprint density at radius 1 is 1.12 bits per heavy atom. The van der Waals surface area contributed by atoms with E-state index >= 15 is 0 Å². The standard InChI is InChI=1S/C15H13F3N2O4S/c16-15(17,18)12-8-11(6-7-13(12)25(19,22)23)20-14(21)24-9-10-4-2-1-3-5-10/h1-8H,9H2,(H,20,21)(H2,19,22,23). The van der Waals surface area contributed by atoms with Gasteiger partial charge < -0.3 is 4.74 Å². The van der Waals surface area contributed by atoms with Crippen LogP contribution in [0, 0.1) is 0 Å². The molecule has 2 aromatic rings. The van der Waals surface area contributed by atoms with Gasteiger partial charge in [-0.15, -0.1) is 0 Å². The topological polar surface area (TPSA) is 98.5 Å². The molecule has 134 valence electrons. The van der Waals surface area contributed by atoms with Gasteiger partial charge in [-0.25, -0.2) is 18.4 Å². The first-order valence-electron chi connectivity index (χ1n) is 6.79. The molecule has 0 aliphatic heterocycles. The first-order chi connectivity index (χ1) is 11.6. The van der Waals surface area contributed by atoms with Gasteiger partial charge in [-0.1, -0.05) is 30.3 Å². The maximum atomic E-state index is 13.0. The molecule has 0 aliphatic rings. The molecule has 0 aliphatic carbocycles. The number of benzene rings is 2. The van der Waals surface area contributed by atoms with Gasteiger partial charge in [-0.2, -0.15) is 13.2 Å². The number of nitrogens with one attached hydrogen (secondary N) is 1. The third-order valence-corrected chi connectivity index (χ3v) is 4.02. The summed E-state index contributed by atoms with van der Waals surface area (Å²) >= 11 is 0. The highest BCUT2D eigenvalue weighted by atomic mass is 32.2. The summed E-state index contributed by atoms with van der Waals surface area (Å²) in [4.78, 5) is 10.6. The average Bonchev–Trinajstić information content (AvgIpc) is 2.52. The Balaban J connectivity index is 2.16. The molecule has 0 radical (unpaired) electrons. The number of amides is 1. The second-order valence-corrected chi connectivity index (χ2v) is 6.47. The average molecular weight is 374 g/mol. The molecule has 0 heterocycles. The van der Waals surface area contributed by atoms with Crippen LogP contribution in [0.5, 0.6) is 0 Å². The minimum Gasteiger partial charge on any atom is -0.444 e. The van der Waals surface area contributed by atoms with E-state index in [0.717, 1.165) is 6.07 Å². The van der Waals surface area contributed by atoms with Crippen LogP contribution in [0.15, 0.2) is 53.4 Å². The van der Waals surface area contributed by atoms with E-state index in [1.807, 2.05) is 0 Å². The van der Waals surface area contributed by atoms with E-state index in [1.165, 1.54) is 0 Å². The fourth-order valence-corrected chi connectivity index (χ4v) is 2.69. The number of anilines is 1. The number of ether oxygens (including phenoxy) is 1. The molecule has 0 saturated carbocycles. The smallest absolute Gasteiger partial charge is 0.417 e. The molecule has 25 heavy (non-hydrogen) atoms. The van der Waals surface area contributed by atoms with E-state index in [1.54, 1.807) is 30.3 Å². The van der Waals surface area contributed by atoms with Crippen LogP contribution in [0.1, 0.15) is 11.1 Å². The highest BCUT2D eigenvalue weighted by Crippen LogP contribution is 2.35. The largest absolute Gasteiger partial charge is 0.444 e. The summed E-state index contributed by atoms with van der Waals surface area (Å²) in [6.07, 6.45) is -5.95. The van der Waals surface area contributed by atoms with E-state index in [4.69, 9.17) is 9.88 Å². The van der Waals surface area contributed by atoms with Gasteiger partial charge in [0.15, 0.2) is 0 Å². The Morgan fingerprint density at radius 3 is 2.32 bits per heavy atom. The molecule has 1 amide bonds. The third-order valence-electron chi connectivity index (χ3n) is 3.05. The van der Waals surface area contributed by atoms with Crippen molar-refractivity contribution in [3.63, 3.8) is 0 Å². The predicted molar refractivity (Wildman–Crippen MR) is 83.1 cm³/mol. The Morgan fingerprint density at radius 2 is 1.76 bits per heavy atom. The summed E-state index contributed by atoms with van der Waals surface area (Å²) in [7, 11) is -4.57. The van der Waals surface area contributed by atoms with Gasteiger partial charge in [0, 0.05) is 5.69 Å². The summed E-state index contributed by atoms with van der Waals surface area (Å²) < 4.78 is 66.4. The zero-order valence-electron chi connectivity index (χ0n) is 12.6. The second kappa shape index (κ2) is 7.11. The van der Waals surface area contributed by atoms with Crippen LogP contribution in [0.2, 0.25) is 0 Å². The molecule has 0 atom stereocenters. The number of rotatable bonds is 4. The van der Waals surface area contributed by atoms with Crippen LogP contribution < -0.4 is 10.5 Å². The summed E-state index contributed by atoms with van der Waals surface area (Å²) in [5.41, 5.74) is -1.06. The lowest BCUT2D eigenvalue weighted by molar-refractivity contribution is -0.139. The third kappa shape index (κ3) is 5.19. The van der Waals surface area contributed by atoms with Gasteiger partial charge in [-0.05, 0) is 23.8 Å². The Kier molecular flexibility index (Phi) is 5.33. The fraction of sp³-hybridized carbons (Fsp3) is 0.133. The van der Waals surface area contributed by atoms with Crippen molar-refractivity contribution in [1.29, 1.82) is 0 Å². The lowest BCUT2D eigenvalue weighted by Gasteiger charge is -2.14. The van der Waals surface area contributed by atoms with E-state index < -0.39 is 32.8 Å². The number of carbonyl (C=O) groups is 1. The molecule has 0 fully saturated rings. The molecule has 0 saturated heterocycles. The Labute approximate surface area is 141 Å². The lowest BCUT2D eigenvalue weighted by atomic mass is 10.2. The van der Waals surface area contributed by atoms with Crippen molar-refractivity contribution in [3.05, 3.63) is 59.7 Å². The number of halogens is 3. The van der Waals surface area contributed by atoms with E-state index in [-0.39, 0.29) is 12.3 Å². The van der Waals surface area contributed by atoms with Gasteiger partial charge in [0.2, 0.25) is 10.0 Å². The van der Waals surface area contributed by atoms with Gasteiger partial charge in [0.05, 0.1) is 10.5 Å². The Bertz CT molecular complexity index is 868. The quantitative estimate of drug-likeness (QED) is 0.859. The molecule has 0 aromatic heterocycles. The van der Waals surface area contributed by atoms with Crippen molar-refractivity contribution in [2.45, 2.75) is 17.7 Å². The first kappa shape index (κ1) is 18.7. The molecule has 10 heteroatoms. The Hall–Kier alpha value is -2.59. The summed E-state index contributed by atoms with van der Waals surface area (Å²) in [5, 5.41) is 6.88. The minimum absolute atomic E-state index is 0.0753. The van der Waals surface area contributed by atoms with Crippen molar-refractivity contribution in [3.8, 4) is 0 Å². The zero-order valence-corrected chi connectivity index (χ0v) is 13.4. The number of alkyl halides is 3. The van der Waals surface area contributed by atoms with Crippen molar-refractivity contribution in [2.24, 2.45) is 5.14 Å². The van der Waals surface area contributed by atoms with Crippen molar-refractivity contribution < 1.29 is 31.1 Å². The summed E-state index contributed by atoms with van der Waals surface area (Å²) in [6, 6.07) is 10.8. The van der Waals surface area contributed by atoms with Gasteiger partial charge >= 0.3 is 12.3 Å². The van der Waals surface area contributed by atoms with Crippen molar-refractivity contribution in [1.82, 2.24) is 0 Å². The molecule has 0 spiro atoms. The number of hydrogen-bond acceptors (Lipinski definition) is 4. The van der Waals surface area contributed by atoms with Gasteiger partial charge in [-0.3, -0.25) is 5.32 Å². The van der Waals surface area contributed by atoms with Gasteiger partial charge in [0.1, 0.15) is 6.61 Å². The monoisotopic (exact) mass is 374 g/mol. The highest BCUT2D eigenvalue weighted by Gasteiger charge is 2.36. The minimum atomic E-state index is -4.96. The molecule has 0 bridgehead atoms. The SMILES string of the molecule is NS(=O)(=O)c1ccc(NC(=O)OCc2ccccc2)cc1C(F)(F)F. The van der Waals surface area contributed by atoms with E-state index in [0.29, 0.717) is 17.7 Å². The number of nitrogens with two attached hydrogens (primary N) is 1. The maximum absolute atomic E-state index is 13.0. The predicted octanol–water partition coefficient (Wildman–Crippen LogP) is 3.10. The number of carbonyl (C=O) groups excluding carboxylic acids is 1. The van der Waals surface area contributed by atoms with Crippen LogP contribution in [0.25, 0.3) is 0 Å². The van der Waals surface area contributed by atoms with Crippen LogP contribution in [-0.2, 0) is 27.5 Å². The first-order valence-corrected chi connectivity index (χ1v) is 8.34. The van der Waals surface area contributed by atoms with Crippen LogP contribution in [0.3, 0.4) is 0 Å². The molecule has 0 unspecified atom stereocenters. The normalized spacial score (nSPS) is 11.8. The molecule has 6 nitrogen and oxygen atoms in total. The second-order valence-electron chi connectivity index (χ2n) is 4.94. The summed E-state index contributed by atoms with van der Waals surface area (Å²) in [6.45, 7) is -0.0753. The molecular weight excluding hydrogens is 361 g/mol. The molecule has 3 N–H and O–H groups in total. The van der Waals surface area contributed by atoms with Crippen molar-refractivity contribution >= 4 is 21.8 Å². The molecule has 2 rings (SSSR count). The number of sulfonamides is 1. The number of hydrogen-bond donors (Lipinski definition) is 2. The van der Waals surface area contributed by atoms with E-state index in [9.17, 15) is 26.4 Å². The zero-order chi connectivity index (χ0) is 18.7. The number of primary sulfonamides is 1. The maximum Gasteiger partial charge on any atom is 0.417 e. The van der Waals surface area contributed by atoms with Crippen LogP contribution in [0.4, 0.5) is 23.7 Å². The molecular formula is C15H13F3N2O4S. The van der Waals surface area contributed by atoms with Crippen LogP contribution >= 0.6 is 0 Å². The van der Waals surface area contributed by atoms with E-state index in [2.05, 4.69) is 5.32 Å².